The molecule has 1 aromatic heterocycles. The Hall–Kier alpha value is -2.62. The van der Waals surface area contributed by atoms with E-state index in [2.05, 4.69) is 9.72 Å². The van der Waals surface area contributed by atoms with Crippen LogP contribution < -0.4 is 10.3 Å². The first kappa shape index (κ1) is 19.7. The predicted octanol–water partition coefficient (Wildman–Crippen LogP) is 3.23. The molecule has 2 rings (SSSR count). The quantitative estimate of drug-likeness (QED) is 0.588. The van der Waals surface area contributed by atoms with E-state index in [-0.39, 0.29) is 23.3 Å². The number of hydrogen-bond acceptors (Lipinski definition) is 5. The molecule has 1 heterocycles. The van der Waals surface area contributed by atoms with E-state index in [1.54, 1.807) is 0 Å². The Kier molecular flexibility index (Phi) is 5.55. The van der Waals surface area contributed by atoms with Crippen molar-refractivity contribution >= 4 is 17.6 Å². The van der Waals surface area contributed by atoms with Crippen LogP contribution in [0.1, 0.15) is 23.0 Å². The molecule has 11 heteroatoms. The summed E-state index contributed by atoms with van der Waals surface area (Å²) in [6.45, 7) is 1.29. The highest BCUT2D eigenvalue weighted by molar-refractivity contribution is 6.33. The van der Waals surface area contributed by atoms with E-state index >= 15 is 0 Å². The summed E-state index contributed by atoms with van der Waals surface area (Å²) in [5, 5.41) is -0.302. The number of ether oxygens (including phenoxy) is 2. The highest BCUT2D eigenvalue weighted by Gasteiger charge is 2.35. The maximum absolute atomic E-state index is 14.3. The number of carbonyl (C=O) groups is 1. The predicted molar refractivity (Wildman–Crippen MR) is 82.3 cm³/mol. The van der Waals surface area contributed by atoms with Gasteiger partial charge in [-0.05, 0) is 19.1 Å². The Morgan fingerprint density at radius 3 is 2.50 bits per heavy atom. The fourth-order valence-electron chi connectivity index (χ4n) is 2.03. The maximum atomic E-state index is 14.3. The van der Waals surface area contributed by atoms with Gasteiger partial charge in [0.2, 0.25) is 0 Å². The minimum Gasteiger partial charge on any atom is -0.465 e. The van der Waals surface area contributed by atoms with Crippen molar-refractivity contribution in [2.75, 3.05) is 13.7 Å². The molecule has 0 amide bonds. The molecule has 0 radical (unpaired) electrons. The highest BCUT2D eigenvalue weighted by atomic mass is 35.5. The van der Waals surface area contributed by atoms with Gasteiger partial charge in [0.15, 0.2) is 5.69 Å². The van der Waals surface area contributed by atoms with Crippen molar-refractivity contribution < 1.29 is 31.8 Å². The van der Waals surface area contributed by atoms with Gasteiger partial charge in [0.1, 0.15) is 5.82 Å². The molecule has 0 spiro atoms. The average molecular weight is 395 g/mol. The summed E-state index contributed by atoms with van der Waals surface area (Å²) in [6.07, 6.45) is -4.90. The summed E-state index contributed by atoms with van der Waals surface area (Å²) < 4.78 is 62.8. The lowest BCUT2D eigenvalue weighted by Gasteiger charge is -2.15. The first-order chi connectivity index (χ1) is 12.1. The Bertz CT molecular complexity index is 912. The number of rotatable bonds is 4. The van der Waals surface area contributed by atoms with Crippen molar-refractivity contribution in [2.45, 2.75) is 13.1 Å². The number of aromatic nitrogens is 2. The zero-order valence-corrected chi connectivity index (χ0v) is 14.1. The van der Waals surface area contributed by atoms with Gasteiger partial charge in [-0.15, -0.1) is 0 Å². The van der Waals surface area contributed by atoms with Gasteiger partial charge in [-0.2, -0.15) is 18.2 Å². The van der Waals surface area contributed by atoms with Crippen LogP contribution in [0.4, 0.5) is 17.6 Å². The van der Waals surface area contributed by atoms with Gasteiger partial charge < -0.3 is 9.47 Å². The summed E-state index contributed by atoms with van der Waals surface area (Å²) in [7, 11) is 1.05. The van der Waals surface area contributed by atoms with Gasteiger partial charge in [0.25, 0.3) is 5.56 Å². The topological polar surface area (TPSA) is 70.4 Å². The van der Waals surface area contributed by atoms with Gasteiger partial charge in [-0.25, -0.2) is 13.8 Å². The van der Waals surface area contributed by atoms with Crippen molar-refractivity contribution in [3.8, 4) is 11.7 Å². The average Bonchev–Trinajstić information content (AvgIpc) is 2.54. The largest absolute Gasteiger partial charge is 0.465 e. The Balaban J connectivity index is 2.79. The van der Waals surface area contributed by atoms with Gasteiger partial charge >= 0.3 is 18.2 Å². The zero-order chi connectivity index (χ0) is 19.6. The van der Waals surface area contributed by atoms with E-state index in [9.17, 15) is 27.2 Å². The Morgan fingerprint density at radius 1 is 1.31 bits per heavy atom. The van der Waals surface area contributed by atoms with Crippen molar-refractivity contribution in [3.05, 3.63) is 50.7 Å². The number of alkyl halides is 3. The standard InChI is InChI=1S/C15H11ClF4N2O4/c1-3-26-14-21-11(15(18,19)20)6-12(23)22(14)10-4-7(13(24)25-2)8(16)5-9(10)17/h4-6H,3H2,1-2H3. The van der Waals surface area contributed by atoms with Crippen molar-refractivity contribution in [1.29, 1.82) is 0 Å². The zero-order valence-electron chi connectivity index (χ0n) is 13.4. The van der Waals surface area contributed by atoms with E-state index in [4.69, 9.17) is 16.3 Å². The molecular formula is C15H11ClF4N2O4. The minimum atomic E-state index is -4.90. The van der Waals surface area contributed by atoms with Crippen molar-refractivity contribution in [3.63, 3.8) is 0 Å². The van der Waals surface area contributed by atoms with E-state index in [1.807, 2.05) is 0 Å². The molecule has 0 aliphatic heterocycles. The van der Waals surface area contributed by atoms with Gasteiger partial charge in [0, 0.05) is 6.07 Å². The summed E-state index contributed by atoms with van der Waals surface area (Å²) in [6, 6.07) is 0.990. The molecule has 0 bridgehead atoms. The molecule has 0 aliphatic carbocycles. The van der Waals surface area contributed by atoms with Crippen LogP contribution in [0.15, 0.2) is 23.0 Å². The van der Waals surface area contributed by atoms with Crippen molar-refractivity contribution in [2.24, 2.45) is 0 Å². The molecule has 0 N–H and O–H groups in total. The number of halogens is 5. The molecule has 0 aliphatic rings. The Morgan fingerprint density at radius 2 is 1.96 bits per heavy atom. The molecule has 0 unspecified atom stereocenters. The number of methoxy groups -OCH3 is 1. The van der Waals surface area contributed by atoms with Crippen LogP contribution in [-0.2, 0) is 10.9 Å². The third-order valence-corrected chi connectivity index (χ3v) is 3.45. The fourth-order valence-corrected chi connectivity index (χ4v) is 2.26. The summed E-state index contributed by atoms with van der Waals surface area (Å²) in [4.78, 5) is 27.1. The molecule has 0 fully saturated rings. The van der Waals surface area contributed by atoms with Crippen LogP contribution >= 0.6 is 11.6 Å². The molecular weight excluding hydrogens is 384 g/mol. The first-order valence-corrected chi connectivity index (χ1v) is 7.39. The van der Waals surface area contributed by atoms with Crippen LogP contribution in [0.25, 0.3) is 5.69 Å². The Labute approximate surface area is 148 Å². The molecule has 0 saturated heterocycles. The molecule has 26 heavy (non-hydrogen) atoms. The van der Waals surface area contributed by atoms with E-state index in [0.717, 1.165) is 19.2 Å². The van der Waals surface area contributed by atoms with Crippen LogP contribution in [0.5, 0.6) is 6.01 Å². The second-order valence-electron chi connectivity index (χ2n) is 4.80. The summed E-state index contributed by atoms with van der Waals surface area (Å²) in [5.41, 5.74) is -3.61. The number of benzene rings is 1. The smallest absolute Gasteiger partial charge is 0.433 e. The second-order valence-corrected chi connectivity index (χ2v) is 5.21. The minimum absolute atomic E-state index is 0.146. The van der Waals surface area contributed by atoms with E-state index < -0.39 is 40.9 Å². The van der Waals surface area contributed by atoms with Crippen LogP contribution in [0, 0.1) is 5.82 Å². The normalized spacial score (nSPS) is 11.3. The third-order valence-electron chi connectivity index (χ3n) is 3.13. The van der Waals surface area contributed by atoms with Crippen molar-refractivity contribution in [1.82, 2.24) is 9.55 Å². The fraction of sp³-hybridized carbons (Fsp3) is 0.267. The van der Waals surface area contributed by atoms with Gasteiger partial charge in [-0.3, -0.25) is 4.79 Å². The molecule has 0 saturated carbocycles. The second kappa shape index (κ2) is 7.32. The molecule has 0 atom stereocenters. The summed E-state index contributed by atoms with van der Waals surface area (Å²) in [5.74, 6) is -2.01. The lowest BCUT2D eigenvalue weighted by molar-refractivity contribution is -0.141. The molecule has 1 aromatic carbocycles. The van der Waals surface area contributed by atoms with E-state index in [1.165, 1.54) is 6.92 Å². The maximum Gasteiger partial charge on any atom is 0.433 e. The van der Waals surface area contributed by atoms with Crippen LogP contribution in [0.3, 0.4) is 0 Å². The molecule has 6 nitrogen and oxygen atoms in total. The number of carbonyl (C=O) groups excluding carboxylic acids is 1. The first-order valence-electron chi connectivity index (χ1n) is 7.02. The van der Waals surface area contributed by atoms with Crippen LogP contribution in [-0.4, -0.2) is 29.2 Å². The lowest BCUT2D eigenvalue weighted by atomic mass is 10.2. The summed E-state index contributed by atoms with van der Waals surface area (Å²) >= 11 is 5.76. The van der Waals surface area contributed by atoms with Gasteiger partial charge in [0.05, 0.1) is 30.0 Å². The lowest BCUT2D eigenvalue weighted by Crippen LogP contribution is -2.26. The van der Waals surface area contributed by atoms with Crippen LogP contribution in [0.2, 0.25) is 5.02 Å². The van der Waals surface area contributed by atoms with Gasteiger partial charge in [-0.1, -0.05) is 11.6 Å². The molecule has 140 valence electrons. The SMILES string of the molecule is CCOc1nc(C(F)(F)F)cc(=O)n1-c1cc(C(=O)OC)c(Cl)cc1F. The van der Waals surface area contributed by atoms with E-state index in [0.29, 0.717) is 4.57 Å². The monoisotopic (exact) mass is 394 g/mol. The number of nitrogens with zero attached hydrogens (tertiary/aromatic N) is 2. The molecule has 2 aromatic rings. The third kappa shape index (κ3) is 3.79. The number of esters is 1. The highest BCUT2D eigenvalue weighted by Crippen LogP contribution is 2.30. The number of hydrogen-bond donors (Lipinski definition) is 0.